The summed E-state index contributed by atoms with van der Waals surface area (Å²) in [4.78, 5) is 25.8. The lowest BCUT2D eigenvalue weighted by Gasteiger charge is -2.14. The summed E-state index contributed by atoms with van der Waals surface area (Å²) < 4.78 is 4.44. The number of benzene rings is 2. The molecule has 0 atom stereocenters. The number of nitrogens with one attached hydrogen (secondary N) is 1. The van der Waals surface area contributed by atoms with E-state index in [0.717, 1.165) is 52.6 Å². The predicted octanol–water partition coefficient (Wildman–Crippen LogP) is 4.79. The van der Waals surface area contributed by atoms with Crippen LogP contribution in [-0.2, 0) is 6.54 Å². The zero-order valence-corrected chi connectivity index (χ0v) is 20.8. The average Bonchev–Trinajstić information content (AvgIpc) is 3.42. The third-order valence-corrected chi connectivity index (χ3v) is 7.18. The first-order chi connectivity index (χ1) is 16.5. The van der Waals surface area contributed by atoms with Gasteiger partial charge in [0.1, 0.15) is 11.0 Å². The predicted molar refractivity (Wildman–Crippen MR) is 142 cm³/mol. The molecule has 0 aliphatic carbocycles. The second kappa shape index (κ2) is 9.21. The first kappa shape index (κ1) is 22.6. The Balaban J connectivity index is 1.56. The van der Waals surface area contributed by atoms with Gasteiger partial charge < -0.3 is 14.8 Å². The van der Waals surface area contributed by atoms with E-state index < -0.39 is 0 Å². The summed E-state index contributed by atoms with van der Waals surface area (Å²) in [5.74, 6) is 0.898. The van der Waals surface area contributed by atoms with Crippen molar-refractivity contribution in [2.45, 2.75) is 13.0 Å². The monoisotopic (exact) mass is 492 g/mol. The molecular formula is C25H25ClN6OS. The van der Waals surface area contributed by atoms with Gasteiger partial charge in [-0.25, -0.2) is 9.97 Å². The molecule has 0 saturated carbocycles. The molecule has 3 aromatic heterocycles. The maximum absolute atomic E-state index is 13.4. The highest BCUT2D eigenvalue weighted by Crippen LogP contribution is 2.32. The molecule has 0 spiro atoms. The van der Waals surface area contributed by atoms with Gasteiger partial charge in [-0.1, -0.05) is 23.7 Å². The van der Waals surface area contributed by atoms with Gasteiger partial charge in [0, 0.05) is 30.5 Å². The fourth-order valence-electron chi connectivity index (χ4n) is 4.08. The minimum atomic E-state index is -0.0872. The molecule has 0 fully saturated rings. The Morgan fingerprint density at radius 3 is 2.62 bits per heavy atom. The maximum Gasteiger partial charge on any atom is 0.275 e. The average molecular weight is 493 g/mol. The third kappa shape index (κ3) is 4.09. The highest BCUT2D eigenvalue weighted by atomic mass is 35.5. The lowest BCUT2D eigenvalue weighted by atomic mass is 10.2. The number of hydrogen-bond acceptors (Lipinski definition) is 6. The molecule has 0 aliphatic rings. The SMILES string of the molecule is CNCCCn1c(N(C)C)nc2cc(-n3cnc4cc(-c5ccc(Cl)cc5)sc4c3=O)ccc21. The zero-order valence-electron chi connectivity index (χ0n) is 19.2. The minimum Gasteiger partial charge on any atom is -0.348 e. The van der Waals surface area contributed by atoms with Gasteiger partial charge in [0.05, 0.1) is 22.2 Å². The van der Waals surface area contributed by atoms with E-state index in [-0.39, 0.29) is 5.56 Å². The van der Waals surface area contributed by atoms with E-state index >= 15 is 0 Å². The van der Waals surface area contributed by atoms with Gasteiger partial charge in [-0.05, 0) is 62.0 Å². The smallest absolute Gasteiger partial charge is 0.275 e. The number of fused-ring (bicyclic) bond motifs is 2. The van der Waals surface area contributed by atoms with Crippen LogP contribution in [0.15, 0.2) is 59.7 Å². The molecule has 0 bridgehead atoms. The van der Waals surface area contributed by atoms with Crippen molar-refractivity contribution in [2.75, 3.05) is 32.6 Å². The molecule has 0 saturated heterocycles. The molecule has 0 radical (unpaired) electrons. The van der Waals surface area contributed by atoms with Gasteiger partial charge >= 0.3 is 0 Å². The van der Waals surface area contributed by atoms with Gasteiger partial charge in [-0.3, -0.25) is 9.36 Å². The number of anilines is 1. The van der Waals surface area contributed by atoms with E-state index in [2.05, 4.69) is 14.9 Å². The van der Waals surface area contributed by atoms with Crippen LogP contribution in [0.1, 0.15) is 6.42 Å². The number of nitrogens with zero attached hydrogens (tertiary/aromatic N) is 5. The summed E-state index contributed by atoms with van der Waals surface area (Å²) in [6, 6.07) is 15.5. The third-order valence-electron chi connectivity index (χ3n) is 5.76. The van der Waals surface area contributed by atoms with Gasteiger partial charge in [0.15, 0.2) is 0 Å². The van der Waals surface area contributed by atoms with E-state index in [4.69, 9.17) is 16.6 Å². The van der Waals surface area contributed by atoms with Crippen LogP contribution < -0.4 is 15.8 Å². The van der Waals surface area contributed by atoms with Crippen LogP contribution in [0.4, 0.5) is 5.95 Å². The maximum atomic E-state index is 13.4. The van der Waals surface area contributed by atoms with Crippen molar-refractivity contribution in [2.24, 2.45) is 0 Å². The first-order valence-corrected chi connectivity index (χ1v) is 12.3. The molecule has 7 nitrogen and oxygen atoms in total. The van der Waals surface area contributed by atoms with Crippen LogP contribution in [0.5, 0.6) is 0 Å². The molecule has 174 valence electrons. The van der Waals surface area contributed by atoms with Crippen LogP contribution in [0.25, 0.3) is 37.4 Å². The topological polar surface area (TPSA) is 68.0 Å². The van der Waals surface area contributed by atoms with Gasteiger partial charge in [-0.2, -0.15) is 0 Å². The molecule has 1 N–H and O–H groups in total. The summed E-state index contributed by atoms with van der Waals surface area (Å²) in [5, 5.41) is 3.88. The summed E-state index contributed by atoms with van der Waals surface area (Å²) in [7, 11) is 5.95. The number of aromatic nitrogens is 4. The fraction of sp³-hybridized carbons (Fsp3) is 0.240. The van der Waals surface area contributed by atoms with Gasteiger partial charge in [0.25, 0.3) is 5.56 Å². The molecule has 5 aromatic rings. The Morgan fingerprint density at radius 2 is 1.88 bits per heavy atom. The molecule has 5 rings (SSSR count). The van der Waals surface area contributed by atoms with E-state index in [1.54, 1.807) is 10.9 Å². The Kier molecular flexibility index (Phi) is 6.12. The largest absolute Gasteiger partial charge is 0.348 e. The van der Waals surface area contributed by atoms with Crippen LogP contribution in [-0.4, -0.2) is 46.8 Å². The van der Waals surface area contributed by atoms with E-state index in [0.29, 0.717) is 15.2 Å². The number of hydrogen-bond donors (Lipinski definition) is 1. The second-order valence-electron chi connectivity index (χ2n) is 8.34. The number of thiophene rings is 1. The quantitative estimate of drug-likeness (QED) is 0.331. The lowest BCUT2D eigenvalue weighted by molar-refractivity contribution is 0.622. The van der Waals surface area contributed by atoms with Gasteiger partial charge in [0.2, 0.25) is 5.95 Å². The van der Waals surface area contributed by atoms with Crippen LogP contribution in [0.2, 0.25) is 5.02 Å². The molecule has 0 unspecified atom stereocenters. The Labute approximate surface area is 206 Å². The second-order valence-corrected chi connectivity index (χ2v) is 9.83. The summed E-state index contributed by atoms with van der Waals surface area (Å²) >= 11 is 7.46. The Morgan fingerprint density at radius 1 is 1.09 bits per heavy atom. The van der Waals surface area contributed by atoms with Gasteiger partial charge in [-0.15, -0.1) is 11.3 Å². The van der Waals surface area contributed by atoms with E-state index in [9.17, 15) is 4.79 Å². The number of rotatable bonds is 7. The van der Waals surface area contributed by atoms with Crippen molar-refractivity contribution in [3.8, 4) is 16.1 Å². The number of aryl methyl sites for hydroxylation is 1. The van der Waals surface area contributed by atoms with Crippen LogP contribution >= 0.6 is 22.9 Å². The highest BCUT2D eigenvalue weighted by Gasteiger charge is 2.15. The molecule has 9 heteroatoms. The van der Waals surface area contributed by atoms with Crippen LogP contribution in [0, 0.1) is 0 Å². The summed E-state index contributed by atoms with van der Waals surface area (Å²) in [6.07, 6.45) is 2.60. The standard InChI is InChI=1S/C25H25ClN6OS/c1-27-11-4-12-31-21-10-9-18(13-19(21)29-25(31)30(2)3)32-15-28-20-14-22(34-23(20)24(32)33)16-5-7-17(26)8-6-16/h5-10,13-15,27H,4,11-12H2,1-3H3. The number of halogens is 1. The summed E-state index contributed by atoms with van der Waals surface area (Å²) in [5.41, 5.74) is 4.27. The summed E-state index contributed by atoms with van der Waals surface area (Å²) in [6.45, 7) is 1.80. The van der Waals surface area contributed by atoms with Crippen molar-refractivity contribution < 1.29 is 0 Å². The Bertz CT molecular complexity index is 1530. The van der Waals surface area contributed by atoms with Crippen molar-refractivity contribution >= 4 is 50.1 Å². The van der Waals surface area contributed by atoms with E-state index in [1.807, 2.05) is 74.6 Å². The van der Waals surface area contributed by atoms with Crippen LogP contribution in [0.3, 0.4) is 0 Å². The van der Waals surface area contributed by atoms with Crippen molar-refractivity contribution in [1.82, 2.24) is 24.4 Å². The van der Waals surface area contributed by atoms with Crippen molar-refractivity contribution in [1.29, 1.82) is 0 Å². The molecule has 0 aliphatic heterocycles. The molecule has 0 amide bonds. The van der Waals surface area contributed by atoms with Crippen molar-refractivity contribution in [3.05, 3.63) is 70.2 Å². The molecule has 34 heavy (non-hydrogen) atoms. The number of imidazole rings is 1. The molecular weight excluding hydrogens is 468 g/mol. The first-order valence-electron chi connectivity index (χ1n) is 11.1. The zero-order chi connectivity index (χ0) is 23.8. The highest BCUT2D eigenvalue weighted by molar-refractivity contribution is 7.22. The van der Waals surface area contributed by atoms with E-state index in [1.165, 1.54) is 11.3 Å². The lowest BCUT2D eigenvalue weighted by Crippen LogP contribution is -2.18. The minimum absolute atomic E-state index is 0.0872. The normalized spacial score (nSPS) is 11.5. The molecule has 3 heterocycles. The Hall–Kier alpha value is -3.20. The molecule has 2 aromatic carbocycles. The fourth-order valence-corrected chi connectivity index (χ4v) is 5.26. The van der Waals surface area contributed by atoms with Crippen molar-refractivity contribution in [3.63, 3.8) is 0 Å².